The molecule has 1 aromatic carbocycles. The van der Waals surface area contributed by atoms with Gasteiger partial charge in [0.1, 0.15) is 16.4 Å². The van der Waals surface area contributed by atoms with E-state index >= 15 is 0 Å². The number of methoxy groups -OCH3 is 2. The van der Waals surface area contributed by atoms with Crippen molar-refractivity contribution in [1.29, 1.82) is 0 Å². The monoisotopic (exact) mass is 329 g/mol. The minimum Gasteiger partial charge on any atom is -0.497 e. The van der Waals surface area contributed by atoms with Gasteiger partial charge in [0, 0.05) is 19.2 Å². The van der Waals surface area contributed by atoms with Gasteiger partial charge in [-0.3, -0.25) is 4.79 Å². The van der Waals surface area contributed by atoms with Gasteiger partial charge >= 0.3 is 5.97 Å². The van der Waals surface area contributed by atoms with E-state index in [0.717, 1.165) is 0 Å². The SMILES string of the molecule is COc1ccc(OC)c(S(=O)(=O)N2CCC(C(=O)O)CC2)c1. The van der Waals surface area contributed by atoms with Crippen LogP contribution < -0.4 is 9.47 Å². The molecule has 0 unspecified atom stereocenters. The summed E-state index contributed by atoms with van der Waals surface area (Å²) >= 11 is 0. The highest BCUT2D eigenvalue weighted by Gasteiger charge is 2.33. The molecule has 0 spiro atoms. The molecule has 1 N–H and O–H groups in total. The molecule has 1 aromatic rings. The van der Waals surface area contributed by atoms with Crippen molar-refractivity contribution in [3.63, 3.8) is 0 Å². The first-order valence-corrected chi connectivity index (χ1v) is 8.29. The van der Waals surface area contributed by atoms with E-state index in [9.17, 15) is 13.2 Å². The van der Waals surface area contributed by atoms with Crippen molar-refractivity contribution >= 4 is 16.0 Å². The van der Waals surface area contributed by atoms with Crippen LogP contribution in [0.25, 0.3) is 0 Å². The van der Waals surface area contributed by atoms with Crippen LogP contribution in [0.1, 0.15) is 12.8 Å². The van der Waals surface area contributed by atoms with Gasteiger partial charge < -0.3 is 14.6 Å². The van der Waals surface area contributed by atoms with Gasteiger partial charge in [0.25, 0.3) is 0 Å². The maximum atomic E-state index is 12.8. The standard InChI is InChI=1S/C14H19NO6S/c1-20-11-3-4-12(21-2)13(9-11)22(18,19)15-7-5-10(6-8-15)14(16)17/h3-4,9-10H,5-8H2,1-2H3,(H,16,17). The molecule has 0 amide bonds. The normalized spacial score (nSPS) is 17.2. The lowest BCUT2D eigenvalue weighted by molar-refractivity contribution is -0.142. The molecule has 1 fully saturated rings. The maximum Gasteiger partial charge on any atom is 0.306 e. The van der Waals surface area contributed by atoms with Crippen molar-refractivity contribution in [2.75, 3.05) is 27.3 Å². The Bertz CT molecular complexity index is 649. The fourth-order valence-electron chi connectivity index (χ4n) is 2.47. The lowest BCUT2D eigenvalue weighted by Crippen LogP contribution is -2.40. The number of carboxylic acids is 1. The molecule has 1 heterocycles. The Labute approximate surface area is 129 Å². The number of piperidine rings is 1. The Morgan fingerprint density at radius 1 is 1.23 bits per heavy atom. The lowest BCUT2D eigenvalue weighted by Gasteiger charge is -2.29. The molecule has 0 aliphatic carbocycles. The van der Waals surface area contributed by atoms with Gasteiger partial charge in [-0.1, -0.05) is 0 Å². The molecule has 1 aliphatic heterocycles. The molecule has 2 rings (SSSR count). The first-order valence-electron chi connectivity index (χ1n) is 6.85. The van der Waals surface area contributed by atoms with Crippen molar-refractivity contribution in [1.82, 2.24) is 4.31 Å². The number of carbonyl (C=O) groups is 1. The molecule has 1 aliphatic rings. The summed E-state index contributed by atoms with van der Waals surface area (Å²) in [5, 5.41) is 8.99. The van der Waals surface area contributed by atoms with E-state index in [4.69, 9.17) is 14.6 Å². The Kier molecular flexibility index (Phi) is 4.92. The predicted octanol–water partition coefficient (Wildman–Crippen LogP) is 1.19. The minimum atomic E-state index is -3.75. The summed E-state index contributed by atoms with van der Waals surface area (Å²) in [6, 6.07) is 4.57. The molecule has 0 bridgehead atoms. The van der Waals surface area contributed by atoms with Crippen LogP contribution in [0.15, 0.2) is 23.1 Å². The number of hydrogen-bond acceptors (Lipinski definition) is 5. The molecule has 122 valence electrons. The molecular weight excluding hydrogens is 310 g/mol. The number of carboxylic acid groups (broad SMARTS) is 1. The fourth-order valence-corrected chi connectivity index (χ4v) is 4.11. The van der Waals surface area contributed by atoms with Crippen LogP contribution in [0.4, 0.5) is 0 Å². The third-order valence-electron chi connectivity index (χ3n) is 3.79. The van der Waals surface area contributed by atoms with Crippen molar-refractivity contribution in [3.05, 3.63) is 18.2 Å². The average Bonchev–Trinajstić information content (AvgIpc) is 2.54. The number of nitrogens with zero attached hydrogens (tertiary/aromatic N) is 1. The second-order valence-electron chi connectivity index (χ2n) is 5.03. The van der Waals surface area contributed by atoms with Crippen LogP contribution in [0.5, 0.6) is 11.5 Å². The Balaban J connectivity index is 2.29. The number of sulfonamides is 1. The second-order valence-corrected chi connectivity index (χ2v) is 6.94. The van der Waals surface area contributed by atoms with Gasteiger partial charge in [-0.15, -0.1) is 0 Å². The highest BCUT2D eigenvalue weighted by Crippen LogP contribution is 2.32. The molecule has 0 saturated carbocycles. The quantitative estimate of drug-likeness (QED) is 0.872. The van der Waals surface area contributed by atoms with Crippen molar-refractivity contribution in [2.45, 2.75) is 17.7 Å². The Morgan fingerprint density at radius 3 is 2.36 bits per heavy atom. The number of ether oxygens (including phenoxy) is 2. The first-order chi connectivity index (χ1) is 10.4. The van der Waals surface area contributed by atoms with Crippen LogP contribution in [0.2, 0.25) is 0 Å². The van der Waals surface area contributed by atoms with E-state index in [2.05, 4.69) is 0 Å². The van der Waals surface area contributed by atoms with E-state index in [1.54, 1.807) is 6.07 Å². The van der Waals surface area contributed by atoms with Gasteiger partial charge in [0.05, 0.1) is 20.1 Å². The smallest absolute Gasteiger partial charge is 0.306 e. The van der Waals surface area contributed by atoms with Crippen molar-refractivity contribution in [3.8, 4) is 11.5 Å². The van der Waals surface area contributed by atoms with Gasteiger partial charge in [-0.25, -0.2) is 8.42 Å². The van der Waals surface area contributed by atoms with Crippen LogP contribution >= 0.6 is 0 Å². The van der Waals surface area contributed by atoms with Crippen LogP contribution in [0.3, 0.4) is 0 Å². The number of hydrogen-bond donors (Lipinski definition) is 1. The predicted molar refractivity (Wildman–Crippen MR) is 78.7 cm³/mol. The van der Waals surface area contributed by atoms with E-state index in [0.29, 0.717) is 18.6 Å². The Hall–Kier alpha value is -1.80. The number of aliphatic carboxylic acids is 1. The highest BCUT2D eigenvalue weighted by atomic mass is 32.2. The summed E-state index contributed by atoms with van der Waals surface area (Å²) in [5.74, 6) is -0.712. The van der Waals surface area contributed by atoms with Gasteiger partial charge in [-0.2, -0.15) is 4.31 Å². The van der Waals surface area contributed by atoms with Crippen LogP contribution in [-0.2, 0) is 14.8 Å². The third-order valence-corrected chi connectivity index (χ3v) is 5.71. The summed E-state index contributed by atoms with van der Waals surface area (Å²) in [6.45, 7) is 0.360. The Morgan fingerprint density at radius 2 is 1.86 bits per heavy atom. The highest BCUT2D eigenvalue weighted by molar-refractivity contribution is 7.89. The van der Waals surface area contributed by atoms with Crippen molar-refractivity contribution in [2.24, 2.45) is 5.92 Å². The summed E-state index contributed by atoms with van der Waals surface area (Å²) < 4.78 is 37.0. The van der Waals surface area contributed by atoms with Crippen molar-refractivity contribution < 1.29 is 27.8 Å². The van der Waals surface area contributed by atoms with E-state index in [-0.39, 0.29) is 23.7 Å². The summed E-state index contributed by atoms with van der Waals surface area (Å²) in [7, 11) is -0.896. The molecular formula is C14H19NO6S. The van der Waals surface area contributed by atoms with Crippen LogP contribution in [-0.4, -0.2) is 51.1 Å². The topological polar surface area (TPSA) is 93.1 Å². The average molecular weight is 329 g/mol. The minimum absolute atomic E-state index is 0.0307. The van der Waals surface area contributed by atoms with Gasteiger partial charge in [0.2, 0.25) is 10.0 Å². The lowest BCUT2D eigenvalue weighted by atomic mass is 9.99. The maximum absolute atomic E-state index is 12.8. The molecule has 7 nitrogen and oxygen atoms in total. The molecule has 0 atom stereocenters. The van der Waals surface area contributed by atoms with Gasteiger partial charge in [0.15, 0.2) is 0 Å². The van der Waals surface area contributed by atoms with E-state index < -0.39 is 21.9 Å². The molecule has 22 heavy (non-hydrogen) atoms. The zero-order valence-corrected chi connectivity index (χ0v) is 13.3. The first kappa shape index (κ1) is 16.6. The largest absolute Gasteiger partial charge is 0.497 e. The molecule has 0 radical (unpaired) electrons. The zero-order valence-electron chi connectivity index (χ0n) is 12.5. The van der Waals surface area contributed by atoms with E-state index in [1.165, 1.54) is 30.7 Å². The van der Waals surface area contributed by atoms with E-state index in [1.807, 2.05) is 0 Å². The molecule has 8 heteroatoms. The number of rotatable bonds is 5. The summed E-state index contributed by atoms with van der Waals surface area (Å²) in [4.78, 5) is 11.0. The second kappa shape index (κ2) is 6.53. The van der Waals surface area contributed by atoms with Crippen LogP contribution in [0, 0.1) is 5.92 Å². The fraction of sp³-hybridized carbons (Fsp3) is 0.500. The molecule has 0 aromatic heterocycles. The summed E-state index contributed by atoms with van der Waals surface area (Å²) in [6.07, 6.45) is 0.613. The third kappa shape index (κ3) is 3.17. The van der Waals surface area contributed by atoms with Gasteiger partial charge in [-0.05, 0) is 25.0 Å². The molecule has 1 saturated heterocycles. The summed E-state index contributed by atoms with van der Waals surface area (Å²) in [5.41, 5.74) is 0. The number of benzene rings is 1. The zero-order chi connectivity index (χ0) is 16.3.